The van der Waals surface area contributed by atoms with Gasteiger partial charge in [0.1, 0.15) is 5.75 Å². The molecular formula is C27H23ClN2O5S2. The van der Waals surface area contributed by atoms with Crippen molar-refractivity contribution in [1.29, 1.82) is 0 Å². The highest BCUT2D eigenvalue weighted by atomic mass is 35.5. The lowest BCUT2D eigenvalue weighted by Gasteiger charge is -2.15. The number of methoxy groups -OCH3 is 2. The Morgan fingerprint density at radius 1 is 1.05 bits per heavy atom. The van der Waals surface area contributed by atoms with E-state index in [-0.39, 0.29) is 18.4 Å². The molecular weight excluding hydrogens is 532 g/mol. The molecule has 0 aromatic heterocycles. The number of amides is 2. The van der Waals surface area contributed by atoms with Crippen molar-refractivity contribution in [3.8, 4) is 17.2 Å². The van der Waals surface area contributed by atoms with Gasteiger partial charge in [0.2, 0.25) is 0 Å². The average molecular weight is 555 g/mol. The fraction of sp³-hybridized carbons (Fsp3) is 0.148. The van der Waals surface area contributed by atoms with Crippen molar-refractivity contribution in [2.24, 2.45) is 0 Å². The summed E-state index contributed by atoms with van der Waals surface area (Å²) in [6.07, 6.45) is 1.72. The number of para-hydroxylation sites is 1. The van der Waals surface area contributed by atoms with Crippen LogP contribution in [-0.4, -0.2) is 37.0 Å². The first kappa shape index (κ1) is 26.5. The maximum Gasteiger partial charge on any atom is 0.270 e. The Morgan fingerprint density at radius 3 is 2.49 bits per heavy atom. The summed E-state index contributed by atoms with van der Waals surface area (Å²) in [5.41, 5.74) is 2.95. The van der Waals surface area contributed by atoms with E-state index in [0.29, 0.717) is 42.7 Å². The maximum atomic E-state index is 13.1. The lowest BCUT2D eigenvalue weighted by atomic mass is 10.1. The minimum absolute atomic E-state index is 0.187. The van der Waals surface area contributed by atoms with Gasteiger partial charge in [-0.05, 0) is 60.5 Å². The summed E-state index contributed by atoms with van der Waals surface area (Å²) in [4.78, 5) is 27.4. The topological polar surface area (TPSA) is 77.1 Å². The Balaban J connectivity index is 1.47. The van der Waals surface area contributed by atoms with Crippen LogP contribution in [0.2, 0.25) is 5.02 Å². The zero-order chi connectivity index (χ0) is 26.5. The lowest BCUT2D eigenvalue weighted by Crippen LogP contribution is -2.27. The predicted octanol–water partition coefficient (Wildman–Crippen LogP) is 6.09. The van der Waals surface area contributed by atoms with Crippen molar-refractivity contribution in [2.75, 3.05) is 31.0 Å². The monoisotopic (exact) mass is 554 g/mol. The molecule has 3 aromatic rings. The molecule has 1 N–H and O–H groups in total. The third-order valence-corrected chi connectivity index (χ3v) is 7.05. The number of aryl methyl sites for hydroxylation is 1. The molecule has 1 aliphatic rings. The van der Waals surface area contributed by atoms with E-state index in [1.807, 2.05) is 31.2 Å². The van der Waals surface area contributed by atoms with Crippen LogP contribution in [0.4, 0.5) is 11.4 Å². The van der Waals surface area contributed by atoms with Gasteiger partial charge in [-0.3, -0.25) is 14.5 Å². The van der Waals surface area contributed by atoms with Gasteiger partial charge in [-0.15, -0.1) is 0 Å². The highest BCUT2D eigenvalue weighted by Crippen LogP contribution is 2.39. The third-order valence-electron chi connectivity index (χ3n) is 5.45. The van der Waals surface area contributed by atoms with Gasteiger partial charge in [-0.1, -0.05) is 59.8 Å². The molecule has 0 radical (unpaired) electrons. The average Bonchev–Trinajstić information content (AvgIpc) is 3.16. The van der Waals surface area contributed by atoms with Crippen LogP contribution in [0.15, 0.2) is 65.6 Å². The molecule has 0 aliphatic carbocycles. The molecule has 37 heavy (non-hydrogen) atoms. The first-order valence-electron chi connectivity index (χ1n) is 11.1. The van der Waals surface area contributed by atoms with E-state index in [2.05, 4.69) is 5.32 Å². The molecule has 1 heterocycles. The molecule has 4 rings (SSSR count). The Labute approximate surface area is 229 Å². The lowest BCUT2D eigenvalue weighted by molar-refractivity contribution is -0.118. The number of carbonyl (C=O) groups excluding carboxylic acids is 2. The normalized spacial score (nSPS) is 14.2. The van der Waals surface area contributed by atoms with Crippen molar-refractivity contribution in [3.05, 3.63) is 81.7 Å². The molecule has 10 heteroatoms. The second-order valence-corrected chi connectivity index (χ2v) is 9.98. The van der Waals surface area contributed by atoms with Gasteiger partial charge in [0.25, 0.3) is 11.8 Å². The Kier molecular flexibility index (Phi) is 8.38. The molecule has 0 spiro atoms. The highest BCUT2D eigenvalue weighted by Gasteiger charge is 2.33. The largest absolute Gasteiger partial charge is 0.495 e. The standard InChI is InChI=1S/C27H23ClN2O5S2/c1-16-6-4-5-7-20(16)29-25(31)15-35-22-10-8-17(12-23(22)34-3)13-24-26(32)30(27(36)37-24)18-9-11-21(33-2)19(28)14-18/h4-14H,15H2,1-3H3,(H,29,31)/b24-13-. The molecule has 1 aliphatic heterocycles. The Hall–Kier alpha value is -3.53. The second-order valence-electron chi connectivity index (χ2n) is 7.90. The summed E-state index contributed by atoms with van der Waals surface area (Å²) in [6, 6.07) is 17.7. The van der Waals surface area contributed by atoms with Crippen LogP contribution in [0.5, 0.6) is 17.2 Å². The van der Waals surface area contributed by atoms with Crippen LogP contribution in [0, 0.1) is 6.92 Å². The minimum Gasteiger partial charge on any atom is -0.495 e. The molecule has 190 valence electrons. The van der Waals surface area contributed by atoms with E-state index in [4.69, 9.17) is 38.0 Å². The third kappa shape index (κ3) is 6.07. The number of thioether (sulfide) groups is 1. The number of hydrogen-bond donors (Lipinski definition) is 1. The summed E-state index contributed by atoms with van der Waals surface area (Å²) in [5.74, 6) is 0.787. The van der Waals surface area contributed by atoms with E-state index in [1.54, 1.807) is 42.5 Å². The van der Waals surface area contributed by atoms with Crippen LogP contribution in [0.1, 0.15) is 11.1 Å². The number of hydrogen-bond acceptors (Lipinski definition) is 7. The molecule has 0 unspecified atom stereocenters. The first-order chi connectivity index (χ1) is 17.8. The van der Waals surface area contributed by atoms with Crippen molar-refractivity contribution >= 4 is 69.2 Å². The van der Waals surface area contributed by atoms with Gasteiger partial charge >= 0.3 is 0 Å². The predicted molar refractivity (Wildman–Crippen MR) is 152 cm³/mol. The van der Waals surface area contributed by atoms with E-state index < -0.39 is 0 Å². The van der Waals surface area contributed by atoms with E-state index in [0.717, 1.165) is 11.3 Å². The van der Waals surface area contributed by atoms with Gasteiger partial charge < -0.3 is 19.5 Å². The fourth-order valence-electron chi connectivity index (χ4n) is 3.57. The van der Waals surface area contributed by atoms with Crippen LogP contribution in [-0.2, 0) is 9.59 Å². The highest BCUT2D eigenvalue weighted by molar-refractivity contribution is 8.27. The van der Waals surface area contributed by atoms with Crippen LogP contribution in [0.25, 0.3) is 6.08 Å². The maximum absolute atomic E-state index is 13.1. The number of ether oxygens (including phenoxy) is 3. The number of nitrogens with zero attached hydrogens (tertiary/aromatic N) is 1. The molecule has 2 amide bonds. The van der Waals surface area contributed by atoms with Gasteiger partial charge in [0.15, 0.2) is 22.4 Å². The quantitative estimate of drug-likeness (QED) is 0.267. The molecule has 1 saturated heterocycles. The molecule has 7 nitrogen and oxygen atoms in total. The van der Waals surface area contributed by atoms with E-state index in [1.165, 1.54) is 30.9 Å². The van der Waals surface area contributed by atoms with Crippen LogP contribution < -0.4 is 24.4 Å². The zero-order valence-corrected chi connectivity index (χ0v) is 22.6. The van der Waals surface area contributed by atoms with Gasteiger partial charge in [0.05, 0.1) is 29.8 Å². The number of nitrogens with one attached hydrogen (secondary N) is 1. The van der Waals surface area contributed by atoms with Gasteiger partial charge in [0, 0.05) is 5.69 Å². The van der Waals surface area contributed by atoms with Crippen molar-refractivity contribution in [1.82, 2.24) is 0 Å². The van der Waals surface area contributed by atoms with Crippen molar-refractivity contribution < 1.29 is 23.8 Å². The Bertz CT molecular complexity index is 1410. The molecule has 0 saturated carbocycles. The number of anilines is 2. The van der Waals surface area contributed by atoms with Gasteiger partial charge in [-0.2, -0.15) is 0 Å². The summed E-state index contributed by atoms with van der Waals surface area (Å²) < 4.78 is 16.7. The number of thiocarbonyl (C=S) groups is 1. The summed E-state index contributed by atoms with van der Waals surface area (Å²) in [6.45, 7) is 1.73. The summed E-state index contributed by atoms with van der Waals surface area (Å²) >= 11 is 12.9. The summed E-state index contributed by atoms with van der Waals surface area (Å²) in [5, 5.41) is 3.21. The second kappa shape index (κ2) is 11.7. The molecule has 1 fully saturated rings. The number of rotatable bonds is 8. The summed E-state index contributed by atoms with van der Waals surface area (Å²) in [7, 11) is 3.03. The fourth-order valence-corrected chi connectivity index (χ4v) is 5.12. The van der Waals surface area contributed by atoms with Gasteiger partial charge in [-0.25, -0.2) is 0 Å². The smallest absolute Gasteiger partial charge is 0.270 e. The Morgan fingerprint density at radius 2 is 1.78 bits per heavy atom. The number of benzene rings is 3. The zero-order valence-electron chi connectivity index (χ0n) is 20.2. The van der Waals surface area contributed by atoms with Crippen LogP contribution >= 0.6 is 35.6 Å². The molecule has 0 bridgehead atoms. The first-order valence-corrected chi connectivity index (χ1v) is 12.7. The minimum atomic E-state index is -0.289. The van der Waals surface area contributed by atoms with Crippen molar-refractivity contribution in [2.45, 2.75) is 6.92 Å². The van der Waals surface area contributed by atoms with Crippen LogP contribution in [0.3, 0.4) is 0 Å². The molecule has 3 aromatic carbocycles. The van der Waals surface area contributed by atoms with E-state index in [9.17, 15) is 9.59 Å². The molecule has 0 atom stereocenters. The number of carbonyl (C=O) groups is 2. The van der Waals surface area contributed by atoms with Crippen molar-refractivity contribution in [3.63, 3.8) is 0 Å². The number of halogens is 1. The SMILES string of the molecule is COc1ccc(N2C(=O)/C(=C/c3ccc(OCC(=O)Nc4ccccc4C)c(OC)c3)SC2=S)cc1Cl. The van der Waals surface area contributed by atoms with E-state index >= 15 is 0 Å².